The van der Waals surface area contributed by atoms with Gasteiger partial charge in [0.05, 0.1) is 29.8 Å². The molecule has 21 heavy (non-hydrogen) atoms. The molecular formula is C15H20N4O2. The van der Waals surface area contributed by atoms with Gasteiger partial charge in [0.25, 0.3) is 0 Å². The standard InChI is InChI=1S/C15H20N4O2/c1-2-9-5-12-13(6-9)15(21)19(14(12)20)8-11-7-10(18-16)3-4-17-11/h3-4,7,9,12-13H,2,5-6,8,16H2,1H3,(H,17,18). The number of amides is 2. The average Bonchev–Trinajstić information content (AvgIpc) is 3.03. The quantitative estimate of drug-likeness (QED) is 0.495. The molecule has 1 aliphatic carbocycles. The van der Waals surface area contributed by atoms with Gasteiger partial charge >= 0.3 is 0 Å². The number of imide groups is 1. The minimum atomic E-state index is -0.113. The Morgan fingerprint density at radius 1 is 1.33 bits per heavy atom. The molecule has 6 heteroatoms. The van der Waals surface area contributed by atoms with Gasteiger partial charge in [0.15, 0.2) is 0 Å². The Balaban J connectivity index is 1.75. The Kier molecular flexibility index (Phi) is 3.63. The van der Waals surface area contributed by atoms with Crippen LogP contribution in [0.4, 0.5) is 5.69 Å². The summed E-state index contributed by atoms with van der Waals surface area (Å²) in [4.78, 5) is 30.5. The number of rotatable bonds is 4. The second kappa shape index (κ2) is 5.44. The SMILES string of the molecule is CCC1CC2C(=O)N(Cc3cc(NN)ccn3)C(=O)C2C1. The number of carbonyl (C=O) groups is 2. The van der Waals surface area contributed by atoms with Crippen LogP contribution in [-0.2, 0) is 16.1 Å². The third-order valence-electron chi connectivity index (χ3n) is 4.71. The molecule has 3 N–H and O–H groups in total. The van der Waals surface area contributed by atoms with Crippen molar-refractivity contribution in [1.82, 2.24) is 9.88 Å². The van der Waals surface area contributed by atoms with Gasteiger partial charge in [-0.25, -0.2) is 0 Å². The Morgan fingerprint density at radius 3 is 2.57 bits per heavy atom. The topological polar surface area (TPSA) is 88.3 Å². The van der Waals surface area contributed by atoms with E-state index in [0.29, 0.717) is 17.3 Å². The van der Waals surface area contributed by atoms with E-state index >= 15 is 0 Å². The van der Waals surface area contributed by atoms with E-state index < -0.39 is 0 Å². The first-order valence-electron chi connectivity index (χ1n) is 7.40. The molecule has 0 aromatic carbocycles. The van der Waals surface area contributed by atoms with Crippen LogP contribution >= 0.6 is 0 Å². The summed E-state index contributed by atoms with van der Waals surface area (Å²) in [5.74, 6) is 5.58. The van der Waals surface area contributed by atoms with Crippen LogP contribution in [0, 0.1) is 17.8 Å². The number of hydrogen-bond donors (Lipinski definition) is 2. The van der Waals surface area contributed by atoms with E-state index in [-0.39, 0.29) is 30.2 Å². The number of aromatic nitrogens is 1. The first-order chi connectivity index (χ1) is 10.1. The van der Waals surface area contributed by atoms with E-state index in [2.05, 4.69) is 17.3 Å². The van der Waals surface area contributed by atoms with Gasteiger partial charge in [-0.05, 0) is 30.9 Å². The fraction of sp³-hybridized carbons (Fsp3) is 0.533. The second-order valence-corrected chi connectivity index (χ2v) is 5.90. The molecule has 2 unspecified atom stereocenters. The lowest BCUT2D eigenvalue weighted by Gasteiger charge is -2.17. The third kappa shape index (κ3) is 2.40. The number of hydrazine groups is 1. The van der Waals surface area contributed by atoms with Gasteiger partial charge in [-0.3, -0.25) is 25.3 Å². The van der Waals surface area contributed by atoms with E-state index in [1.807, 2.05) is 0 Å². The molecule has 1 aromatic rings. The summed E-state index contributed by atoms with van der Waals surface area (Å²) in [6, 6.07) is 3.49. The summed E-state index contributed by atoms with van der Waals surface area (Å²) in [5, 5.41) is 0. The lowest BCUT2D eigenvalue weighted by Crippen LogP contribution is -2.32. The summed E-state index contributed by atoms with van der Waals surface area (Å²) in [5.41, 5.74) is 3.92. The zero-order valence-corrected chi connectivity index (χ0v) is 12.1. The van der Waals surface area contributed by atoms with Crippen LogP contribution in [-0.4, -0.2) is 21.7 Å². The van der Waals surface area contributed by atoms with Crippen molar-refractivity contribution in [1.29, 1.82) is 0 Å². The molecule has 6 nitrogen and oxygen atoms in total. The summed E-state index contributed by atoms with van der Waals surface area (Å²) in [6.07, 6.45) is 4.35. The molecule has 1 saturated carbocycles. The van der Waals surface area contributed by atoms with Crippen LogP contribution in [0.2, 0.25) is 0 Å². The van der Waals surface area contributed by atoms with Gasteiger partial charge in [-0.1, -0.05) is 13.3 Å². The maximum Gasteiger partial charge on any atom is 0.233 e. The van der Waals surface area contributed by atoms with Crippen molar-refractivity contribution in [3.8, 4) is 0 Å². The van der Waals surface area contributed by atoms with Gasteiger partial charge in [0, 0.05) is 6.20 Å². The minimum absolute atomic E-state index is 0.0335. The normalized spacial score (nSPS) is 28.1. The third-order valence-corrected chi connectivity index (χ3v) is 4.71. The summed E-state index contributed by atoms with van der Waals surface area (Å²) < 4.78 is 0. The number of nitrogens with one attached hydrogen (secondary N) is 1. The maximum atomic E-state index is 12.5. The van der Waals surface area contributed by atoms with Crippen molar-refractivity contribution in [2.75, 3.05) is 5.43 Å². The van der Waals surface area contributed by atoms with E-state index in [0.717, 1.165) is 19.3 Å². The first kappa shape index (κ1) is 14.0. The minimum Gasteiger partial charge on any atom is -0.324 e. The molecule has 2 amide bonds. The van der Waals surface area contributed by atoms with E-state index in [4.69, 9.17) is 5.84 Å². The summed E-state index contributed by atoms with van der Waals surface area (Å²) in [6.45, 7) is 2.35. The molecule has 2 heterocycles. The lowest BCUT2D eigenvalue weighted by molar-refractivity contribution is -0.141. The highest BCUT2D eigenvalue weighted by Crippen LogP contribution is 2.44. The van der Waals surface area contributed by atoms with E-state index in [9.17, 15) is 9.59 Å². The molecule has 0 bridgehead atoms. The molecule has 2 aliphatic rings. The van der Waals surface area contributed by atoms with E-state index in [1.54, 1.807) is 18.3 Å². The number of likely N-dealkylation sites (tertiary alicyclic amines) is 1. The fourth-order valence-electron chi connectivity index (χ4n) is 3.50. The smallest absolute Gasteiger partial charge is 0.233 e. The Labute approximate surface area is 123 Å². The van der Waals surface area contributed by atoms with Crippen molar-refractivity contribution in [2.24, 2.45) is 23.6 Å². The maximum absolute atomic E-state index is 12.5. The molecular weight excluding hydrogens is 268 g/mol. The van der Waals surface area contributed by atoms with Crippen LogP contribution in [0.1, 0.15) is 31.9 Å². The molecule has 1 saturated heterocycles. The Morgan fingerprint density at radius 2 is 2.00 bits per heavy atom. The van der Waals surface area contributed by atoms with Crippen molar-refractivity contribution in [2.45, 2.75) is 32.7 Å². The predicted molar refractivity (Wildman–Crippen MR) is 77.6 cm³/mol. The number of pyridine rings is 1. The van der Waals surface area contributed by atoms with Crippen LogP contribution in [0.5, 0.6) is 0 Å². The van der Waals surface area contributed by atoms with Crippen LogP contribution < -0.4 is 11.3 Å². The van der Waals surface area contributed by atoms with Crippen LogP contribution in [0.25, 0.3) is 0 Å². The van der Waals surface area contributed by atoms with Crippen molar-refractivity contribution in [3.05, 3.63) is 24.0 Å². The average molecular weight is 288 g/mol. The van der Waals surface area contributed by atoms with Gasteiger partial charge in [-0.15, -0.1) is 0 Å². The molecule has 0 radical (unpaired) electrons. The molecule has 3 rings (SSSR count). The molecule has 1 aromatic heterocycles. The Bertz CT molecular complexity index is 551. The number of anilines is 1. The number of nitrogen functional groups attached to an aromatic ring is 1. The highest BCUT2D eigenvalue weighted by molar-refractivity contribution is 6.05. The predicted octanol–water partition coefficient (Wildman–Crippen LogP) is 1.29. The summed E-state index contributed by atoms with van der Waals surface area (Å²) >= 11 is 0. The zero-order valence-electron chi connectivity index (χ0n) is 12.1. The number of nitrogens with zero attached hydrogens (tertiary/aromatic N) is 2. The molecule has 1 aliphatic heterocycles. The fourth-order valence-corrected chi connectivity index (χ4v) is 3.50. The first-order valence-corrected chi connectivity index (χ1v) is 7.40. The van der Waals surface area contributed by atoms with Crippen molar-refractivity contribution < 1.29 is 9.59 Å². The monoisotopic (exact) mass is 288 g/mol. The van der Waals surface area contributed by atoms with E-state index in [1.165, 1.54) is 4.90 Å². The van der Waals surface area contributed by atoms with Gasteiger partial charge < -0.3 is 5.43 Å². The van der Waals surface area contributed by atoms with Crippen LogP contribution in [0.3, 0.4) is 0 Å². The number of carbonyl (C=O) groups excluding carboxylic acids is 2. The van der Waals surface area contributed by atoms with Crippen LogP contribution in [0.15, 0.2) is 18.3 Å². The highest BCUT2D eigenvalue weighted by Gasteiger charge is 2.52. The number of hydrogen-bond acceptors (Lipinski definition) is 5. The largest absolute Gasteiger partial charge is 0.324 e. The summed E-state index contributed by atoms with van der Waals surface area (Å²) in [7, 11) is 0. The Hall–Kier alpha value is -1.95. The number of fused-ring (bicyclic) bond motifs is 1. The molecule has 2 atom stereocenters. The second-order valence-electron chi connectivity index (χ2n) is 5.90. The highest BCUT2D eigenvalue weighted by atomic mass is 16.2. The molecule has 112 valence electrons. The van der Waals surface area contributed by atoms with Crippen molar-refractivity contribution in [3.63, 3.8) is 0 Å². The number of nitrogens with two attached hydrogens (primary N) is 1. The van der Waals surface area contributed by atoms with Crippen molar-refractivity contribution >= 4 is 17.5 Å². The van der Waals surface area contributed by atoms with Gasteiger partial charge in [0.1, 0.15) is 0 Å². The molecule has 0 spiro atoms. The molecule has 2 fully saturated rings. The zero-order chi connectivity index (χ0) is 15.0. The lowest BCUT2D eigenvalue weighted by atomic mass is 10.00. The van der Waals surface area contributed by atoms with Gasteiger partial charge in [-0.2, -0.15) is 0 Å². The van der Waals surface area contributed by atoms with Gasteiger partial charge in [0.2, 0.25) is 11.8 Å².